The van der Waals surface area contributed by atoms with E-state index in [2.05, 4.69) is 35.3 Å². The number of fused-ring (bicyclic) bond motifs is 3. The molecular weight excluding hydrogens is 540 g/mol. The zero-order valence-electron chi connectivity index (χ0n) is 23.5. The molecule has 0 aliphatic carbocycles. The number of pyridine rings is 3. The van der Waals surface area contributed by atoms with Crippen LogP contribution in [0.1, 0.15) is 0 Å². The van der Waals surface area contributed by atoms with Crippen molar-refractivity contribution in [1.29, 1.82) is 0 Å². The molecule has 0 unspecified atom stereocenters. The lowest BCUT2D eigenvalue weighted by atomic mass is 10.0. The van der Waals surface area contributed by atoms with E-state index in [1.165, 1.54) is 0 Å². The standard InChI is InChI=1S/C38H24N6/c1-3-11-25(12-4-1)36-42-37(26-13-5-2-6-14-26)44-38(43-36)34-24-28(20-22-40-34)27-19-21-39-33(23-27)35-31-17-8-7-15-29(31)30-16-9-10-18-32(30)41-35/h1-24H. The van der Waals surface area contributed by atoms with Crippen molar-refractivity contribution < 1.29 is 0 Å². The molecule has 4 aromatic carbocycles. The number of aromatic nitrogens is 6. The highest BCUT2D eigenvalue weighted by Crippen LogP contribution is 2.33. The maximum absolute atomic E-state index is 5.05. The monoisotopic (exact) mass is 564 g/mol. The zero-order chi connectivity index (χ0) is 29.3. The maximum Gasteiger partial charge on any atom is 0.182 e. The molecule has 6 heteroatoms. The fraction of sp³-hybridized carbons (Fsp3) is 0. The van der Waals surface area contributed by atoms with Crippen LogP contribution in [0.15, 0.2) is 146 Å². The summed E-state index contributed by atoms with van der Waals surface area (Å²) in [5.74, 6) is 1.71. The second kappa shape index (κ2) is 10.9. The van der Waals surface area contributed by atoms with Gasteiger partial charge < -0.3 is 0 Å². The van der Waals surface area contributed by atoms with E-state index in [9.17, 15) is 0 Å². The first-order valence-corrected chi connectivity index (χ1v) is 14.4. The van der Waals surface area contributed by atoms with Gasteiger partial charge in [0.05, 0.1) is 16.9 Å². The largest absolute Gasteiger partial charge is 0.255 e. The van der Waals surface area contributed by atoms with Gasteiger partial charge in [0, 0.05) is 34.3 Å². The quantitative estimate of drug-likeness (QED) is 0.195. The van der Waals surface area contributed by atoms with E-state index in [0.29, 0.717) is 23.2 Å². The van der Waals surface area contributed by atoms with Crippen molar-refractivity contribution >= 4 is 21.7 Å². The van der Waals surface area contributed by atoms with Crippen LogP contribution < -0.4 is 0 Å². The summed E-state index contributed by atoms with van der Waals surface area (Å²) in [6.07, 6.45) is 3.63. The van der Waals surface area contributed by atoms with Crippen molar-refractivity contribution in [2.75, 3.05) is 0 Å². The predicted molar refractivity (Wildman–Crippen MR) is 175 cm³/mol. The summed E-state index contributed by atoms with van der Waals surface area (Å²) < 4.78 is 0. The third-order valence-corrected chi connectivity index (χ3v) is 7.63. The Bertz CT molecular complexity index is 2230. The fourth-order valence-electron chi connectivity index (χ4n) is 5.49. The lowest BCUT2D eigenvalue weighted by Gasteiger charge is -2.11. The molecule has 0 aliphatic heterocycles. The van der Waals surface area contributed by atoms with E-state index >= 15 is 0 Å². The molecule has 0 atom stereocenters. The molecule has 0 saturated heterocycles. The zero-order valence-corrected chi connectivity index (χ0v) is 23.5. The van der Waals surface area contributed by atoms with Gasteiger partial charge in [-0.25, -0.2) is 19.9 Å². The summed E-state index contributed by atoms with van der Waals surface area (Å²) in [5.41, 5.74) is 7.07. The molecule has 6 nitrogen and oxygen atoms in total. The minimum absolute atomic E-state index is 0.510. The Labute approximate surface area is 253 Å². The number of para-hydroxylation sites is 1. The highest BCUT2D eigenvalue weighted by molar-refractivity contribution is 6.10. The summed E-state index contributed by atoms with van der Waals surface area (Å²) in [6, 6.07) is 44.6. The van der Waals surface area contributed by atoms with E-state index in [4.69, 9.17) is 24.9 Å². The van der Waals surface area contributed by atoms with Crippen LogP contribution in [0.4, 0.5) is 0 Å². The van der Waals surface area contributed by atoms with Crippen LogP contribution in [0.2, 0.25) is 0 Å². The van der Waals surface area contributed by atoms with Gasteiger partial charge in [0.1, 0.15) is 5.69 Å². The van der Waals surface area contributed by atoms with Crippen molar-refractivity contribution in [3.8, 4) is 56.8 Å². The van der Waals surface area contributed by atoms with E-state index in [1.54, 1.807) is 6.20 Å². The van der Waals surface area contributed by atoms with Crippen LogP contribution in [0.3, 0.4) is 0 Å². The summed E-state index contributed by atoms with van der Waals surface area (Å²) in [7, 11) is 0. The second-order valence-corrected chi connectivity index (χ2v) is 10.4. The van der Waals surface area contributed by atoms with Crippen LogP contribution in [0.5, 0.6) is 0 Å². The normalized spacial score (nSPS) is 11.2. The Morgan fingerprint density at radius 2 is 0.841 bits per heavy atom. The average molecular weight is 565 g/mol. The van der Waals surface area contributed by atoms with E-state index < -0.39 is 0 Å². The molecule has 8 rings (SSSR count). The topological polar surface area (TPSA) is 77.3 Å². The van der Waals surface area contributed by atoms with Crippen molar-refractivity contribution in [1.82, 2.24) is 29.9 Å². The van der Waals surface area contributed by atoms with Gasteiger partial charge in [-0.3, -0.25) is 9.97 Å². The van der Waals surface area contributed by atoms with Gasteiger partial charge in [0.25, 0.3) is 0 Å². The van der Waals surface area contributed by atoms with Crippen molar-refractivity contribution in [2.24, 2.45) is 0 Å². The molecule has 4 aromatic heterocycles. The Balaban J connectivity index is 1.24. The molecule has 0 radical (unpaired) electrons. The molecule has 0 bridgehead atoms. The first-order chi connectivity index (χ1) is 21.8. The van der Waals surface area contributed by atoms with Crippen molar-refractivity contribution in [3.63, 3.8) is 0 Å². The summed E-state index contributed by atoms with van der Waals surface area (Å²) in [6.45, 7) is 0. The molecule has 0 aliphatic rings. The van der Waals surface area contributed by atoms with E-state index in [-0.39, 0.29) is 0 Å². The second-order valence-electron chi connectivity index (χ2n) is 10.4. The first-order valence-electron chi connectivity index (χ1n) is 14.4. The van der Waals surface area contributed by atoms with Gasteiger partial charge in [0.2, 0.25) is 0 Å². The van der Waals surface area contributed by atoms with E-state index in [0.717, 1.165) is 55.3 Å². The third kappa shape index (κ3) is 4.74. The molecule has 0 spiro atoms. The highest BCUT2D eigenvalue weighted by Gasteiger charge is 2.15. The molecule has 0 fully saturated rings. The van der Waals surface area contributed by atoms with Gasteiger partial charge in [0.15, 0.2) is 17.5 Å². The Hall–Kier alpha value is -6.14. The van der Waals surface area contributed by atoms with Gasteiger partial charge >= 0.3 is 0 Å². The molecule has 44 heavy (non-hydrogen) atoms. The summed E-state index contributed by atoms with van der Waals surface area (Å²) in [5, 5.41) is 3.35. The van der Waals surface area contributed by atoms with E-state index in [1.807, 2.05) is 109 Å². The third-order valence-electron chi connectivity index (χ3n) is 7.63. The SMILES string of the molecule is c1ccc(-c2nc(-c3ccccc3)nc(-c3cc(-c4ccnc(-c5nc6ccccc6c6ccccc56)c4)ccn3)n2)cc1. The lowest BCUT2D eigenvalue weighted by Crippen LogP contribution is -2.01. The smallest absolute Gasteiger partial charge is 0.182 e. The van der Waals surface area contributed by atoms with Crippen molar-refractivity contribution in [2.45, 2.75) is 0 Å². The Morgan fingerprint density at radius 3 is 1.50 bits per heavy atom. The first kappa shape index (κ1) is 25.6. The van der Waals surface area contributed by atoms with Gasteiger partial charge in [-0.2, -0.15) is 0 Å². The Morgan fingerprint density at radius 1 is 0.341 bits per heavy atom. The van der Waals surface area contributed by atoms with Crippen LogP contribution in [0, 0.1) is 0 Å². The average Bonchev–Trinajstić information content (AvgIpc) is 3.12. The molecule has 0 amide bonds. The fourth-order valence-corrected chi connectivity index (χ4v) is 5.49. The van der Waals surface area contributed by atoms with Crippen LogP contribution in [-0.2, 0) is 0 Å². The van der Waals surface area contributed by atoms with Crippen LogP contribution >= 0.6 is 0 Å². The van der Waals surface area contributed by atoms with Gasteiger partial charge in [-0.1, -0.05) is 103 Å². The molecule has 8 aromatic rings. The number of hydrogen-bond acceptors (Lipinski definition) is 6. The minimum atomic E-state index is 0.510. The Kier molecular flexibility index (Phi) is 6.35. The van der Waals surface area contributed by atoms with Crippen LogP contribution in [0.25, 0.3) is 78.5 Å². The molecule has 4 heterocycles. The molecule has 206 valence electrons. The summed E-state index contributed by atoms with van der Waals surface area (Å²) >= 11 is 0. The van der Waals surface area contributed by atoms with Gasteiger partial charge in [-0.05, 0) is 46.8 Å². The molecular formula is C38H24N6. The number of benzene rings is 4. The number of nitrogens with zero attached hydrogens (tertiary/aromatic N) is 6. The number of hydrogen-bond donors (Lipinski definition) is 0. The minimum Gasteiger partial charge on any atom is -0.255 e. The number of rotatable bonds is 5. The molecule has 0 N–H and O–H groups in total. The van der Waals surface area contributed by atoms with Gasteiger partial charge in [-0.15, -0.1) is 0 Å². The van der Waals surface area contributed by atoms with Crippen molar-refractivity contribution in [3.05, 3.63) is 146 Å². The molecule has 0 saturated carbocycles. The predicted octanol–water partition coefficient (Wildman–Crippen LogP) is 8.70. The summed E-state index contributed by atoms with van der Waals surface area (Å²) in [4.78, 5) is 29.0. The van der Waals surface area contributed by atoms with Crippen LogP contribution in [-0.4, -0.2) is 29.9 Å². The highest BCUT2D eigenvalue weighted by atomic mass is 15.0. The maximum atomic E-state index is 5.05. The lowest BCUT2D eigenvalue weighted by molar-refractivity contribution is 1.06.